The number of benzene rings is 1. The number of aliphatic hydroxyl groups excluding tert-OH is 1. The van der Waals surface area contributed by atoms with Gasteiger partial charge in [-0.15, -0.1) is 0 Å². The molecule has 0 bridgehead atoms. The van der Waals surface area contributed by atoms with Gasteiger partial charge in [-0.25, -0.2) is 13.8 Å². The van der Waals surface area contributed by atoms with E-state index in [-0.39, 0.29) is 17.9 Å². The van der Waals surface area contributed by atoms with Gasteiger partial charge in [0.05, 0.1) is 25.2 Å². The number of nitrogens with one attached hydrogen (secondary N) is 2. The average Bonchev–Trinajstić information content (AvgIpc) is 3.45. The summed E-state index contributed by atoms with van der Waals surface area (Å²) >= 11 is 0. The number of amides is 1. The summed E-state index contributed by atoms with van der Waals surface area (Å²) in [6.45, 7) is 2.35. The summed E-state index contributed by atoms with van der Waals surface area (Å²) in [5, 5.41) is 14.6. The summed E-state index contributed by atoms with van der Waals surface area (Å²) in [7, 11) is 0. The smallest absolute Gasteiger partial charge is 0.228 e. The molecule has 9 heteroatoms. The number of imidazole rings is 1. The molecule has 2 heterocycles. The Morgan fingerprint density at radius 2 is 2.03 bits per heavy atom. The van der Waals surface area contributed by atoms with E-state index < -0.39 is 23.7 Å². The van der Waals surface area contributed by atoms with Gasteiger partial charge in [0.25, 0.3) is 0 Å². The molecule has 32 heavy (non-hydrogen) atoms. The number of aromatic amines is 1. The fourth-order valence-corrected chi connectivity index (χ4v) is 4.91. The molecule has 4 atom stereocenters. The van der Waals surface area contributed by atoms with E-state index in [1.165, 1.54) is 12.1 Å². The zero-order valence-corrected chi connectivity index (χ0v) is 17.8. The molecular weight excluding hydrogens is 418 g/mol. The van der Waals surface area contributed by atoms with E-state index in [2.05, 4.69) is 15.3 Å². The maximum atomic E-state index is 13.6. The Labute approximate surface area is 185 Å². The molecule has 2 aromatic rings. The largest absolute Gasteiger partial charge is 0.392 e. The van der Waals surface area contributed by atoms with Crippen LogP contribution in [0.3, 0.4) is 0 Å². The molecule has 3 aliphatic rings. The molecule has 1 saturated heterocycles. The van der Waals surface area contributed by atoms with Crippen LogP contribution in [0, 0.1) is 17.6 Å². The Balaban J connectivity index is 1.36. The van der Waals surface area contributed by atoms with Gasteiger partial charge in [-0.05, 0) is 37.0 Å². The highest BCUT2D eigenvalue weighted by atomic mass is 19.2. The molecule has 3 N–H and O–H groups in total. The molecule has 1 amide bonds. The zero-order valence-electron chi connectivity index (χ0n) is 17.8. The molecule has 3 fully saturated rings. The third kappa shape index (κ3) is 4.29. The number of halogens is 2. The quantitative estimate of drug-likeness (QED) is 0.632. The molecule has 7 nitrogen and oxygen atoms in total. The third-order valence-corrected chi connectivity index (χ3v) is 6.85. The predicted molar refractivity (Wildman–Crippen MR) is 112 cm³/mol. The normalized spacial score (nSPS) is 28.3. The molecule has 2 aliphatic carbocycles. The van der Waals surface area contributed by atoms with Crippen molar-refractivity contribution in [2.24, 2.45) is 5.92 Å². The lowest BCUT2D eigenvalue weighted by Gasteiger charge is -2.30. The van der Waals surface area contributed by atoms with Crippen LogP contribution in [0.5, 0.6) is 0 Å². The second kappa shape index (κ2) is 8.88. The van der Waals surface area contributed by atoms with E-state index in [0.29, 0.717) is 50.8 Å². The average molecular weight is 446 g/mol. The van der Waals surface area contributed by atoms with Crippen LogP contribution in [0.15, 0.2) is 24.4 Å². The third-order valence-electron chi connectivity index (χ3n) is 6.85. The van der Waals surface area contributed by atoms with Crippen LogP contribution in [-0.2, 0) is 16.1 Å². The minimum atomic E-state index is -0.893. The molecule has 172 valence electrons. The first-order chi connectivity index (χ1) is 15.5. The van der Waals surface area contributed by atoms with Crippen molar-refractivity contribution in [2.45, 2.75) is 49.8 Å². The van der Waals surface area contributed by atoms with Gasteiger partial charge >= 0.3 is 0 Å². The maximum Gasteiger partial charge on any atom is 0.228 e. The number of rotatable bonds is 6. The number of carbonyl (C=O) groups excluding carboxylic acids is 1. The summed E-state index contributed by atoms with van der Waals surface area (Å²) in [5.41, 5.74) is 1.41. The number of aromatic nitrogens is 2. The van der Waals surface area contributed by atoms with Crippen LogP contribution in [0.25, 0.3) is 0 Å². The fraction of sp³-hybridized carbons (Fsp3) is 0.565. The number of hydrogen-bond donors (Lipinski definition) is 3. The summed E-state index contributed by atoms with van der Waals surface area (Å²) in [6, 6.07) is 3.58. The van der Waals surface area contributed by atoms with Crippen molar-refractivity contribution in [3.8, 4) is 0 Å². The minimum Gasteiger partial charge on any atom is -0.392 e. The van der Waals surface area contributed by atoms with E-state index in [1.807, 2.05) is 0 Å². The van der Waals surface area contributed by atoms with Crippen molar-refractivity contribution in [1.82, 2.24) is 20.2 Å². The van der Waals surface area contributed by atoms with Gasteiger partial charge in [0.2, 0.25) is 5.91 Å². The Kier molecular flexibility index (Phi) is 5.96. The molecule has 1 aromatic carbocycles. The lowest BCUT2D eigenvalue weighted by atomic mass is 9.95. The number of aliphatic hydroxyl groups is 1. The van der Waals surface area contributed by atoms with Crippen LogP contribution >= 0.6 is 0 Å². The molecule has 0 spiro atoms. The SMILES string of the molecule is O=C([C@H]1C[C@@H](NCc2ccc(F)c(F)c2)[C@H](c2cnc(C3CC3)[nH]2)[C@@H]1O)N1CCOCC1. The van der Waals surface area contributed by atoms with Crippen molar-refractivity contribution in [2.75, 3.05) is 26.3 Å². The van der Waals surface area contributed by atoms with Crippen molar-refractivity contribution in [1.29, 1.82) is 0 Å². The number of hydrogen-bond acceptors (Lipinski definition) is 5. The number of morpholine rings is 1. The first-order valence-corrected chi connectivity index (χ1v) is 11.3. The number of ether oxygens (including phenoxy) is 1. The van der Waals surface area contributed by atoms with Crippen molar-refractivity contribution in [3.63, 3.8) is 0 Å². The van der Waals surface area contributed by atoms with Crippen molar-refractivity contribution in [3.05, 3.63) is 53.1 Å². The molecule has 0 radical (unpaired) electrons. The first kappa shape index (κ1) is 21.5. The van der Waals surface area contributed by atoms with Gasteiger partial charge in [-0.3, -0.25) is 4.79 Å². The lowest BCUT2D eigenvalue weighted by molar-refractivity contribution is -0.142. The molecule has 1 aromatic heterocycles. The van der Waals surface area contributed by atoms with Crippen LogP contribution in [0.4, 0.5) is 8.78 Å². The molecule has 1 aliphatic heterocycles. The van der Waals surface area contributed by atoms with E-state index in [9.17, 15) is 18.7 Å². The molecule has 2 saturated carbocycles. The van der Waals surface area contributed by atoms with Gasteiger partial charge in [0, 0.05) is 49.4 Å². The Morgan fingerprint density at radius 3 is 2.75 bits per heavy atom. The maximum absolute atomic E-state index is 13.6. The van der Waals surface area contributed by atoms with Crippen molar-refractivity contribution < 1.29 is 23.4 Å². The molecule has 5 rings (SSSR count). The first-order valence-electron chi connectivity index (χ1n) is 11.3. The molecule has 0 unspecified atom stereocenters. The van der Waals surface area contributed by atoms with Gasteiger partial charge < -0.3 is 25.0 Å². The minimum absolute atomic E-state index is 0.0649. The summed E-state index contributed by atoms with van der Waals surface area (Å²) in [4.78, 5) is 22.8. The Hall–Kier alpha value is -2.36. The predicted octanol–water partition coefficient (Wildman–Crippen LogP) is 2.05. The van der Waals surface area contributed by atoms with Gasteiger partial charge in [0.1, 0.15) is 5.82 Å². The van der Waals surface area contributed by atoms with Crippen LogP contribution in [0.2, 0.25) is 0 Å². The van der Waals surface area contributed by atoms with Crippen molar-refractivity contribution >= 4 is 5.91 Å². The Bertz CT molecular complexity index is 974. The van der Waals surface area contributed by atoms with Crippen LogP contribution in [-0.4, -0.2) is 64.3 Å². The van der Waals surface area contributed by atoms with Gasteiger partial charge in [0.15, 0.2) is 11.6 Å². The molecular formula is C23H28F2N4O3. The number of carbonyl (C=O) groups is 1. The highest BCUT2D eigenvalue weighted by Crippen LogP contribution is 2.42. The second-order valence-corrected chi connectivity index (χ2v) is 9.03. The zero-order chi connectivity index (χ0) is 22.2. The second-order valence-electron chi connectivity index (χ2n) is 9.03. The fourth-order valence-electron chi connectivity index (χ4n) is 4.91. The van der Waals surface area contributed by atoms with E-state index in [1.54, 1.807) is 11.1 Å². The van der Waals surface area contributed by atoms with Gasteiger partial charge in [-0.1, -0.05) is 6.07 Å². The van der Waals surface area contributed by atoms with E-state index in [4.69, 9.17) is 4.74 Å². The highest BCUT2D eigenvalue weighted by Gasteiger charge is 2.48. The lowest BCUT2D eigenvalue weighted by Crippen LogP contribution is -2.45. The van der Waals surface area contributed by atoms with Crippen LogP contribution < -0.4 is 5.32 Å². The topological polar surface area (TPSA) is 90.5 Å². The number of H-pyrrole nitrogens is 1. The van der Waals surface area contributed by atoms with E-state index in [0.717, 1.165) is 30.4 Å². The summed E-state index contributed by atoms with van der Waals surface area (Å²) in [6.07, 6.45) is 3.55. The number of nitrogens with zero attached hydrogens (tertiary/aromatic N) is 2. The standard InChI is InChI=1S/C23H28F2N4O3/c24-16-4-1-13(9-17(16)25)11-26-18-10-15(23(31)29-5-7-32-8-6-29)21(30)20(18)19-12-27-22(28-19)14-2-3-14/h1,4,9,12,14-15,18,20-21,26,30H,2-3,5-8,10-11H2,(H,27,28)/t15-,18+,20+,21+/m0/s1. The van der Waals surface area contributed by atoms with Crippen LogP contribution in [0.1, 0.15) is 48.2 Å². The summed E-state index contributed by atoms with van der Waals surface area (Å²) < 4.78 is 32.2. The summed E-state index contributed by atoms with van der Waals surface area (Å²) in [5.74, 6) is -1.37. The monoisotopic (exact) mass is 446 g/mol. The van der Waals surface area contributed by atoms with Gasteiger partial charge in [-0.2, -0.15) is 0 Å². The van der Waals surface area contributed by atoms with E-state index >= 15 is 0 Å². The highest BCUT2D eigenvalue weighted by molar-refractivity contribution is 5.80. The Morgan fingerprint density at radius 1 is 1.25 bits per heavy atom.